The number of carbonyl (C=O) groups is 1. The lowest BCUT2D eigenvalue weighted by atomic mass is 9.91. The van der Waals surface area contributed by atoms with Crippen LogP contribution in [0.25, 0.3) is 0 Å². The van der Waals surface area contributed by atoms with E-state index in [4.69, 9.17) is 4.74 Å². The Kier molecular flexibility index (Phi) is 3.25. The Labute approximate surface area is 124 Å². The number of Topliss-reactive ketones (excluding diaryl/α,β-unsaturated/α-hetero) is 1. The molecule has 21 heavy (non-hydrogen) atoms. The molecule has 1 aliphatic carbocycles. The van der Waals surface area contributed by atoms with Crippen molar-refractivity contribution in [3.63, 3.8) is 0 Å². The maximum atomic E-state index is 14.5. The second-order valence-electron chi connectivity index (χ2n) is 4.73. The summed E-state index contributed by atoms with van der Waals surface area (Å²) >= 11 is 0.954. The lowest BCUT2D eigenvalue weighted by molar-refractivity contribution is 0.102. The fourth-order valence-corrected chi connectivity index (χ4v) is 3.13. The van der Waals surface area contributed by atoms with Crippen LogP contribution in [0.2, 0.25) is 0 Å². The molecule has 1 aliphatic heterocycles. The zero-order valence-electron chi connectivity index (χ0n) is 11.4. The number of ketones is 1. The van der Waals surface area contributed by atoms with Gasteiger partial charge in [0.1, 0.15) is 0 Å². The number of methoxy groups -OCH3 is 1. The average molecular weight is 305 g/mol. The second-order valence-corrected chi connectivity index (χ2v) is 5.79. The quantitative estimate of drug-likeness (QED) is 0.869. The number of carbonyl (C=O) groups excluding carboxylic acids is 1. The van der Waals surface area contributed by atoms with Gasteiger partial charge in [0, 0.05) is 17.7 Å². The summed E-state index contributed by atoms with van der Waals surface area (Å²) in [6, 6.07) is 2.95. The van der Waals surface area contributed by atoms with Crippen LogP contribution in [0.5, 0.6) is 5.06 Å². The SMILES string of the molecule is COC1=C(C(=O)c2ccc(O)s2)CC2=NC(C)=CC2=C1F. The highest BCUT2D eigenvalue weighted by atomic mass is 32.1. The number of allylic oxidation sites excluding steroid dienone is 5. The summed E-state index contributed by atoms with van der Waals surface area (Å²) in [5.41, 5.74) is 1.85. The van der Waals surface area contributed by atoms with E-state index in [1.165, 1.54) is 19.2 Å². The molecule has 4 nitrogen and oxygen atoms in total. The fourth-order valence-electron chi connectivity index (χ4n) is 2.42. The van der Waals surface area contributed by atoms with Gasteiger partial charge in [-0.3, -0.25) is 9.79 Å². The van der Waals surface area contributed by atoms with E-state index in [1.54, 1.807) is 13.0 Å². The number of aliphatic imine (C=N–C) groups is 1. The first kappa shape index (κ1) is 13.8. The number of fused-ring (bicyclic) bond motifs is 1. The minimum Gasteiger partial charge on any atom is -0.499 e. The van der Waals surface area contributed by atoms with E-state index in [0.29, 0.717) is 21.9 Å². The molecule has 0 amide bonds. The molecule has 3 rings (SSSR count). The first-order valence-corrected chi connectivity index (χ1v) is 7.10. The maximum absolute atomic E-state index is 14.5. The van der Waals surface area contributed by atoms with Crippen LogP contribution < -0.4 is 0 Å². The normalized spacial score (nSPS) is 17.7. The van der Waals surface area contributed by atoms with E-state index in [9.17, 15) is 14.3 Å². The third-order valence-electron chi connectivity index (χ3n) is 3.32. The summed E-state index contributed by atoms with van der Waals surface area (Å²) in [7, 11) is 1.34. The van der Waals surface area contributed by atoms with Crippen molar-refractivity contribution in [2.45, 2.75) is 13.3 Å². The van der Waals surface area contributed by atoms with Crippen LogP contribution in [-0.4, -0.2) is 23.7 Å². The lowest BCUT2D eigenvalue weighted by Gasteiger charge is -2.18. The number of hydrogen-bond donors (Lipinski definition) is 1. The number of nitrogens with zero attached hydrogens (tertiary/aromatic N) is 1. The lowest BCUT2D eigenvalue weighted by Crippen LogP contribution is -2.17. The van der Waals surface area contributed by atoms with E-state index < -0.39 is 5.83 Å². The number of ether oxygens (including phenoxy) is 1. The molecule has 0 saturated carbocycles. The van der Waals surface area contributed by atoms with Crippen LogP contribution in [0, 0.1) is 0 Å². The van der Waals surface area contributed by atoms with Crippen LogP contribution >= 0.6 is 11.3 Å². The van der Waals surface area contributed by atoms with E-state index in [-0.39, 0.29) is 28.6 Å². The van der Waals surface area contributed by atoms with Crippen LogP contribution in [0.1, 0.15) is 23.0 Å². The van der Waals surface area contributed by atoms with Crippen LogP contribution in [0.4, 0.5) is 4.39 Å². The first-order chi connectivity index (χ1) is 10.0. The van der Waals surface area contributed by atoms with Gasteiger partial charge in [0.2, 0.25) is 5.78 Å². The Bertz CT molecular complexity index is 768. The van der Waals surface area contributed by atoms with Crippen molar-refractivity contribution in [2.24, 2.45) is 4.99 Å². The molecule has 2 aliphatic rings. The van der Waals surface area contributed by atoms with Gasteiger partial charge in [0.05, 0.1) is 23.3 Å². The van der Waals surface area contributed by atoms with Gasteiger partial charge < -0.3 is 9.84 Å². The molecule has 0 aromatic carbocycles. The number of halogens is 1. The minimum atomic E-state index is -0.566. The maximum Gasteiger partial charge on any atom is 0.203 e. The highest BCUT2D eigenvalue weighted by Gasteiger charge is 2.33. The molecule has 0 saturated heterocycles. The molecule has 0 unspecified atom stereocenters. The van der Waals surface area contributed by atoms with Crippen LogP contribution in [-0.2, 0) is 4.74 Å². The number of thiophene rings is 1. The smallest absolute Gasteiger partial charge is 0.203 e. The van der Waals surface area contributed by atoms with Gasteiger partial charge >= 0.3 is 0 Å². The standard InChI is InChI=1S/C15H12FNO3S/c1-7-5-8-10(17-7)6-9(15(20-2)13(8)16)14(19)11-3-4-12(18)21-11/h3-5,18H,6H2,1-2H3. The topological polar surface area (TPSA) is 58.9 Å². The largest absolute Gasteiger partial charge is 0.499 e. The van der Waals surface area contributed by atoms with Crippen LogP contribution in [0.15, 0.2) is 51.6 Å². The Morgan fingerprint density at radius 2 is 2.24 bits per heavy atom. The van der Waals surface area contributed by atoms with E-state index in [2.05, 4.69) is 4.99 Å². The molecule has 1 aromatic heterocycles. The van der Waals surface area contributed by atoms with Gasteiger partial charge in [-0.25, -0.2) is 4.39 Å². The molecule has 0 atom stereocenters. The van der Waals surface area contributed by atoms with Crippen molar-refractivity contribution in [3.8, 4) is 5.06 Å². The van der Waals surface area contributed by atoms with E-state index in [1.807, 2.05) is 0 Å². The fraction of sp³-hybridized carbons (Fsp3) is 0.200. The summed E-state index contributed by atoms with van der Waals surface area (Å²) < 4.78 is 19.6. The molecule has 0 radical (unpaired) electrons. The number of rotatable bonds is 3. The van der Waals surface area contributed by atoms with E-state index in [0.717, 1.165) is 11.3 Å². The molecule has 0 fully saturated rings. The molecular weight excluding hydrogens is 293 g/mol. The second kappa shape index (κ2) is 4.96. The molecule has 108 valence electrons. The molecule has 2 heterocycles. The van der Waals surface area contributed by atoms with Gasteiger partial charge in [-0.15, -0.1) is 0 Å². The van der Waals surface area contributed by atoms with Crippen molar-refractivity contribution in [1.29, 1.82) is 0 Å². The zero-order valence-corrected chi connectivity index (χ0v) is 12.3. The summed E-state index contributed by atoms with van der Waals surface area (Å²) in [6.07, 6.45) is 1.86. The molecule has 1 aromatic rings. The third-order valence-corrected chi connectivity index (χ3v) is 4.21. The molecule has 6 heteroatoms. The monoisotopic (exact) mass is 305 g/mol. The molecule has 0 spiro atoms. The van der Waals surface area contributed by atoms with Crippen molar-refractivity contribution >= 4 is 22.8 Å². The Balaban J connectivity index is 2.08. The third kappa shape index (κ3) is 2.21. The predicted octanol–water partition coefficient (Wildman–Crippen LogP) is 3.52. The molecule has 0 bridgehead atoms. The van der Waals surface area contributed by atoms with Gasteiger partial charge in [-0.1, -0.05) is 11.3 Å². The Hall–Kier alpha value is -2.21. The van der Waals surface area contributed by atoms with Gasteiger partial charge in [-0.05, 0) is 25.1 Å². The highest BCUT2D eigenvalue weighted by Crippen LogP contribution is 2.37. The van der Waals surface area contributed by atoms with Gasteiger partial charge in [0.15, 0.2) is 16.6 Å². The number of aromatic hydroxyl groups is 1. The molecular formula is C15H12FNO3S. The molecule has 1 N–H and O–H groups in total. The number of hydrogen-bond acceptors (Lipinski definition) is 5. The first-order valence-electron chi connectivity index (χ1n) is 6.28. The minimum absolute atomic E-state index is 0.0427. The van der Waals surface area contributed by atoms with E-state index >= 15 is 0 Å². The summed E-state index contributed by atoms with van der Waals surface area (Å²) in [6.45, 7) is 1.77. The summed E-state index contributed by atoms with van der Waals surface area (Å²) in [5.74, 6) is -0.963. The van der Waals surface area contributed by atoms with Crippen molar-refractivity contribution in [3.05, 3.63) is 51.5 Å². The Morgan fingerprint density at radius 3 is 2.86 bits per heavy atom. The van der Waals surface area contributed by atoms with Crippen molar-refractivity contribution < 1.29 is 19.0 Å². The van der Waals surface area contributed by atoms with Crippen LogP contribution in [0.3, 0.4) is 0 Å². The van der Waals surface area contributed by atoms with Crippen molar-refractivity contribution in [1.82, 2.24) is 0 Å². The Morgan fingerprint density at radius 1 is 1.48 bits per heavy atom. The zero-order chi connectivity index (χ0) is 15.1. The van der Waals surface area contributed by atoms with Crippen molar-refractivity contribution in [2.75, 3.05) is 7.11 Å². The predicted molar refractivity (Wildman–Crippen MR) is 78.3 cm³/mol. The van der Waals surface area contributed by atoms with Gasteiger partial charge in [0.25, 0.3) is 0 Å². The average Bonchev–Trinajstić information content (AvgIpc) is 3.03. The van der Waals surface area contributed by atoms with Gasteiger partial charge in [-0.2, -0.15) is 0 Å². The summed E-state index contributed by atoms with van der Waals surface area (Å²) in [5, 5.41) is 9.41. The highest BCUT2D eigenvalue weighted by molar-refractivity contribution is 7.15. The summed E-state index contributed by atoms with van der Waals surface area (Å²) in [4.78, 5) is 17.1.